The SMILES string of the molecule is CCNC(C)CC1CCCN(Cc2ccc(OC)cc2)C1. The third-order valence-corrected chi connectivity index (χ3v) is 4.41. The second kappa shape index (κ2) is 8.40. The molecule has 1 saturated heterocycles. The van der Waals surface area contributed by atoms with Crippen LogP contribution in [0.4, 0.5) is 0 Å². The monoisotopic (exact) mass is 290 g/mol. The van der Waals surface area contributed by atoms with E-state index in [1.165, 1.54) is 37.9 Å². The van der Waals surface area contributed by atoms with Crippen molar-refractivity contribution < 1.29 is 4.74 Å². The predicted octanol–water partition coefficient (Wildman–Crippen LogP) is 3.30. The molecule has 1 aromatic carbocycles. The Balaban J connectivity index is 1.82. The van der Waals surface area contributed by atoms with Crippen molar-refractivity contribution in [3.05, 3.63) is 29.8 Å². The zero-order valence-electron chi connectivity index (χ0n) is 13.8. The summed E-state index contributed by atoms with van der Waals surface area (Å²) in [7, 11) is 1.72. The van der Waals surface area contributed by atoms with Crippen LogP contribution in [-0.2, 0) is 6.54 Å². The summed E-state index contributed by atoms with van der Waals surface area (Å²) < 4.78 is 5.22. The molecule has 1 aromatic rings. The van der Waals surface area contributed by atoms with Gasteiger partial charge < -0.3 is 10.1 Å². The van der Waals surface area contributed by atoms with Crippen LogP contribution in [0.25, 0.3) is 0 Å². The molecule has 1 aliphatic heterocycles. The number of benzene rings is 1. The van der Waals surface area contributed by atoms with Crippen LogP contribution in [0, 0.1) is 5.92 Å². The Morgan fingerprint density at radius 2 is 2.10 bits per heavy atom. The van der Waals surface area contributed by atoms with Crippen LogP contribution < -0.4 is 10.1 Å². The number of rotatable bonds is 7. The largest absolute Gasteiger partial charge is 0.497 e. The minimum atomic E-state index is 0.640. The van der Waals surface area contributed by atoms with E-state index in [-0.39, 0.29) is 0 Å². The van der Waals surface area contributed by atoms with E-state index in [9.17, 15) is 0 Å². The first-order valence-electron chi connectivity index (χ1n) is 8.30. The summed E-state index contributed by atoms with van der Waals surface area (Å²) >= 11 is 0. The topological polar surface area (TPSA) is 24.5 Å². The van der Waals surface area contributed by atoms with Gasteiger partial charge in [-0.25, -0.2) is 0 Å². The van der Waals surface area contributed by atoms with E-state index in [1.807, 2.05) is 0 Å². The van der Waals surface area contributed by atoms with Gasteiger partial charge in [0.05, 0.1) is 7.11 Å². The summed E-state index contributed by atoms with van der Waals surface area (Å²) in [6, 6.07) is 9.13. The Kier molecular flexibility index (Phi) is 6.52. The average Bonchev–Trinajstić information content (AvgIpc) is 2.48. The van der Waals surface area contributed by atoms with Crippen molar-refractivity contribution >= 4 is 0 Å². The molecule has 118 valence electrons. The molecule has 2 unspecified atom stereocenters. The van der Waals surface area contributed by atoms with E-state index < -0.39 is 0 Å². The molecule has 1 aliphatic rings. The van der Waals surface area contributed by atoms with Gasteiger partial charge in [0.15, 0.2) is 0 Å². The van der Waals surface area contributed by atoms with Crippen LogP contribution in [0.1, 0.15) is 38.7 Å². The van der Waals surface area contributed by atoms with Crippen molar-refractivity contribution in [1.29, 1.82) is 0 Å². The van der Waals surface area contributed by atoms with Crippen molar-refractivity contribution in [2.45, 2.75) is 45.7 Å². The Labute approximate surface area is 129 Å². The van der Waals surface area contributed by atoms with E-state index in [4.69, 9.17) is 4.74 Å². The number of nitrogens with one attached hydrogen (secondary N) is 1. The number of piperidine rings is 1. The van der Waals surface area contributed by atoms with Gasteiger partial charge >= 0.3 is 0 Å². The zero-order chi connectivity index (χ0) is 15.1. The maximum Gasteiger partial charge on any atom is 0.118 e. The number of likely N-dealkylation sites (tertiary alicyclic amines) is 1. The summed E-state index contributed by atoms with van der Waals surface area (Å²) in [5.41, 5.74) is 1.39. The quantitative estimate of drug-likeness (QED) is 0.834. The van der Waals surface area contributed by atoms with Crippen LogP contribution in [0.5, 0.6) is 5.75 Å². The first-order valence-corrected chi connectivity index (χ1v) is 8.30. The van der Waals surface area contributed by atoms with Crippen molar-refractivity contribution in [3.8, 4) is 5.75 Å². The van der Waals surface area contributed by atoms with Gasteiger partial charge in [-0.2, -0.15) is 0 Å². The van der Waals surface area contributed by atoms with Crippen molar-refractivity contribution in [2.24, 2.45) is 5.92 Å². The molecule has 3 nitrogen and oxygen atoms in total. The molecule has 1 fully saturated rings. The molecular formula is C18H30N2O. The molecule has 0 amide bonds. The van der Waals surface area contributed by atoms with E-state index >= 15 is 0 Å². The van der Waals surface area contributed by atoms with Crippen LogP contribution in [-0.4, -0.2) is 37.7 Å². The van der Waals surface area contributed by atoms with Crippen molar-refractivity contribution in [1.82, 2.24) is 10.2 Å². The Morgan fingerprint density at radius 3 is 2.76 bits per heavy atom. The van der Waals surface area contributed by atoms with E-state index in [1.54, 1.807) is 7.11 Å². The van der Waals surface area contributed by atoms with Gasteiger partial charge in [0.25, 0.3) is 0 Å². The van der Waals surface area contributed by atoms with Gasteiger partial charge in [0, 0.05) is 19.1 Å². The number of ether oxygens (including phenoxy) is 1. The smallest absolute Gasteiger partial charge is 0.118 e. The molecule has 0 spiro atoms. The maximum absolute atomic E-state index is 5.22. The van der Waals surface area contributed by atoms with E-state index in [0.29, 0.717) is 6.04 Å². The lowest BCUT2D eigenvalue weighted by Crippen LogP contribution is -2.38. The lowest BCUT2D eigenvalue weighted by atomic mass is 9.91. The van der Waals surface area contributed by atoms with Gasteiger partial charge in [-0.05, 0) is 62.9 Å². The second-order valence-corrected chi connectivity index (χ2v) is 6.29. The molecule has 0 radical (unpaired) electrons. The molecule has 0 aromatic heterocycles. The average molecular weight is 290 g/mol. The Bertz CT molecular complexity index is 404. The van der Waals surface area contributed by atoms with Crippen LogP contribution >= 0.6 is 0 Å². The highest BCUT2D eigenvalue weighted by atomic mass is 16.5. The molecule has 0 saturated carbocycles. The minimum absolute atomic E-state index is 0.640. The summed E-state index contributed by atoms with van der Waals surface area (Å²) in [4.78, 5) is 2.61. The normalized spacial score (nSPS) is 21.2. The van der Waals surface area contributed by atoms with E-state index in [0.717, 1.165) is 24.8 Å². The fourth-order valence-electron chi connectivity index (χ4n) is 3.41. The molecule has 21 heavy (non-hydrogen) atoms. The van der Waals surface area contributed by atoms with Gasteiger partial charge in [-0.15, -0.1) is 0 Å². The van der Waals surface area contributed by atoms with Gasteiger partial charge in [-0.1, -0.05) is 19.1 Å². The zero-order valence-corrected chi connectivity index (χ0v) is 13.8. The summed E-state index contributed by atoms with van der Waals surface area (Å²) in [6.07, 6.45) is 4.02. The van der Waals surface area contributed by atoms with Gasteiger partial charge in [0.1, 0.15) is 5.75 Å². The minimum Gasteiger partial charge on any atom is -0.497 e. The molecule has 0 bridgehead atoms. The van der Waals surface area contributed by atoms with E-state index in [2.05, 4.69) is 48.3 Å². The first kappa shape index (κ1) is 16.3. The van der Waals surface area contributed by atoms with Crippen LogP contribution in [0.2, 0.25) is 0 Å². The second-order valence-electron chi connectivity index (χ2n) is 6.29. The molecule has 3 heteroatoms. The lowest BCUT2D eigenvalue weighted by molar-refractivity contribution is 0.155. The summed E-state index contributed by atoms with van der Waals surface area (Å²) in [5.74, 6) is 1.78. The number of methoxy groups -OCH3 is 1. The predicted molar refractivity (Wildman–Crippen MR) is 88.8 cm³/mol. The fraction of sp³-hybridized carbons (Fsp3) is 0.667. The Hall–Kier alpha value is -1.06. The summed E-state index contributed by atoms with van der Waals surface area (Å²) in [5, 5.41) is 3.54. The highest BCUT2D eigenvalue weighted by Crippen LogP contribution is 2.23. The third-order valence-electron chi connectivity index (χ3n) is 4.41. The number of nitrogens with zero attached hydrogens (tertiary/aromatic N) is 1. The standard InChI is InChI=1S/C18H30N2O/c1-4-19-15(2)12-17-6-5-11-20(14-17)13-16-7-9-18(21-3)10-8-16/h7-10,15,17,19H,4-6,11-14H2,1-3H3. The highest BCUT2D eigenvalue weighted by Gasteiger charge is 2.21. The first-order chi connectivity index (χ1) is 10.2. The van der Waals surface area contributed by atoms with Crippen molar-refractivity contribution in [3.63, 3.8) is 0 Å². The highest BCUT2D eigenvalue weighted by molar-refractivity contribution is 5.27. The van der Waals surface area contributed by atoms with Crippen LogP contribution in [0.15, 0.2) is 24.3 Å². The number of hydrogen-bond acceptors (Lipinski definition) is 3. The van der Waals surface area contributed by atoms with Gasteiger partial charge in [-0.3, -0.25) is 4.90 Å². The maximum atomic E-state index is 5.22. The number of hydrogen-bond donors (Lipinski definition) is 1. The molecule has 1 N–H and O–H groups in total. The molecule has 0 aliphatic carbocycles. The Morgan fingerprint density at radius 1 is 1.33 bits per heavy atom. The lowest BCUT2D eigenvalue weighted by Gasteiger charge is -2.34. The third kappa shape index (κ3) is 5.33. The molecular weight excluding hydrogens is 260 g/mol. The fourth-order valence-corrected chi connectivity index (χ4v) is 3.41. The molecule has 1 heterocycles. The van der Waals surface area contributed by atoms with Gasteiger partial charge in [0.2, 0.25) is 0 Å². The summed E-state index contributed by atoms with van der Waals surface area (Å²) in [6.45, 7) is 9.11. The van der Waals surface area contributed by atoms with Crippen LogP contribution in [0.3, 0.4) is 0 Å². The molecule has 2 rings (SSSR count). The molecule has 2 atom stereocenters. The van der Waals surface area contributed by atoms with Crippen molar-refractivity contribution in [2.75, 3.05) is 26.7 Å².